The van der Waals surface area contributed by atoms with Gasteiger partial charge in [-0.05, 0) is 0 Å². The second-order valence-corrected chi connectivity index (χ2v) is 3.62. The van der Waals surface area contributed by atoms with E-state index in [0.717, 1.165) is 6.20 Å². The molecule has 1 heterocycles. The lowest BCUT2D eigenvalue weighted by atomic mass is 10.1. The first-order valence-corrected chi connectivity index (χ1v) is 5.40. The lowest BCUT2D eigenvalue weighted by Crippen LogP contribution is -2.20. The molecule has 0 spiro atoms. The maximum absolute atomic E-state index is 12.2. The van der Waals surface area contributed by atoms with Gasteiger partial charge in [-0.3, -0.25) is 4.79 Å². The zero-order chi connectivity index (χ0) is 14.6. The van der Waals surface area contributed by atoms with Crippen LogP contribution in [0.3, 0.4) is 0 Å². The van der Waals surface area contributed by atoms with Crippen LogP contribution >= 0.6 is 11.6 Å². The smallest absolute Gasteiger partial charge is 0.496 e. The van der Waals surface area contributed by atoms with Crippen LogP contribution in [0.2, 0.25) is 0 Å². The van der Waals surface area contributed by atoms with E-state index in [1.165, 1.54) is 7.11 Å². The number of hydrogen-bond acceptors (Lipinski definition) is 4. The van der Waals surface area contributed by atoms with Gasteiger partial charge in [-0.15, -0.1) is 24.8 Å². The Labute approximate surface area is 110 Å². The number of halogens is 4. The van der Waals surface area contributed by atoms with Gasteiger partial charge in [-0.2, -0.15) is 0 Å². The molecule has 0 saturated heterocycles. The zero-order valence-corrected chi connectivity index (χ0v) is 10.4. The first kappa shape index (κ1) is 15.4. The average molecular weight is 300 g/mol. The highest BCUT2D eigenvalue weighted by Crippen LogP contribution is 2.34. The number of carboxylic acids is 1. The monoisotopic (exact) mass is 299 g/mol. The second kappa shape index (κ2) is 5.96. The zero-order valence-electron chi connectivity index (χ0n) is 9.62. The van der Waals surface area contributed by atoms with Crippen LogP contribution in [-0.4, -0.2) is 29.5 Å². The van der Waals surface area contributed by atoms with Gasteiger partial charge in [0.1, 0.15) is 5.75 Å². The van der Waals surface area contributed by atoms with Gasteiger partial charge in [0.05, 0.1) is 25.0 Å². The summed E-state index contributed by atoms with van der Waals surface area (Å²) in [4.78, 5) is 14.1. The number of aromatic nitrogens is 1. The lowest BCUT2D eigenvalue weighted by Gasteiger charge is -2.16. The molecule has 106 valence electrons. The van der Waals surface area contributed by atoms with E-state index in [1.54, 1.807) is 0 Å². The van der Waals surface area contributed by atoms with E-state index in [0.29, 0.717) is 0 Å². The highest BCUT2D eigenvalue weighted by atomic mass is 35.5. The fourth-order valence-corrected chi connectivity index (χ4v) is 1.61. The van der Waals surface area contributed by atoms with Crippen LogP contribution in [0.1, 0.15) is 11.1 Å². The summed E-state index contributed by atoms with van der Waals surface area (Å²) in [5.41, 5.74) is -0.0413. The van der Waals surface area contributed by atoms with Gasteiger partial charge in [-0.1, -0.05) is 0 Å². The quantitative estimate of drug-likeness (QED) is 0.845. The number of aliphatic carboxylic acids is 1. The Balaban J connectivity index is 3.33. The molecular weight excluding hydrogens is 291 g/mol. The van der Waals surface area contributed by atoms with Crippen molar-refractivity contribution in [2.24, 2.45) is 0 Å². The number of pyridine rings is 1. The van der Waals surface area contributed by atoms with Gasteiger partial charge < -0.3 is 14.6 Å². The summed E-state index contributed by atoms with van der Waals surface area (Å²) in [6.07, 6.45) is -4.67. The van der Waals surface area contributed by atoms with Crippen molar-refractivity contribution >= 4 is 17.6 Å². The molecule has 0 aromatic carbocycles. The summed E-state index contributed by atoms with van der Waals surface area (Å²) in [6.45, 7) is 0. The SMILES string of the molecule is COc1c(CCl)cnc(OC(F)(F)F)c1CC(=O)O. The number of hydrogen-bond donors (Lipinski definition) is 1. The third-order valence-corrected chi connectivity index (χ3v) is 2.34. The Bertz CT molecular complexity index is 479. The molecule has 19 heavy (non-hydrogen) atoms. The van der Waals surface area contributed by atoms with E-state index in [9.17, 15) is 18.0 Å². The van der Waals surface area contributed by atoms with E-state index >= 15 is 0 Å². The molecule has 0 aliphatic heterocycles. The van der Waals surface area contributed by atoms with E-state index < -0.39 is 24.6 Å². The second-order valence-electron chi connectivity index (χ2n) is 3.35. The molecule has 1 aromatic heterocycles. The maximum Gasteiger partial charge on any atom is 0.574 e. The van der Waals surface area contributed by atoms with Gasteiger partial charge in [0.25, 0.3) is 0 Å². The van der Waals surface area contributed by atoms with Crippen LogP contribution in [0.15, 0.2) is 6.20 Å². The minimum Gasteiger partial charge on any atom is -0.496 e. The molecule has 0 bridgehead atoms. The first-order valence-electron chi connectivity index (χ1n) is 4.86. The Morgan fingerprint density at radius 2 is 2.16 bits per heavy atom. The van der Waals surface area contributed by atoms with Crippen LogP contribution in [0, 0.1) is 0 Å². The molecule has 9 heteroatoms. The predicted molar refractivity (Wildman–Crippen MR) is 58.4 cm³/mol. The van der Waals surface area contributed by atoms with Crippen LogP contribution in [0.5, 0.6) is 11.6 Å². The molecule has 0 saturated carbocycles. The highest BCUT2D eigenvalue weighted by Gasteiger charge is 2.34. The summed E-state index contributed by atoms with van der Waals surface area (Å²) >= 11 is 5.57. The predicted octanol–water partition coefficient (Wildman–Crippen LogP) is 2.35. The summed E-state index contributed by atoms with van der Waals surface area (Å²) in [7, 11) is 1.19. The molecule has 0 aliphatic carbocycles. The fourth-order valence-electron chi connectivity index (χ4n) is 1.42. The maximum atomic E-state index is 12.2. The summed E-state index contributed by atoms with van der Waals surface area (Å²) in [5.74, 6) is -2.37. The normalized spacial score (nSPS) is 11.2. The van der Waals surface area contributed by atoms with Crippen LogP contribution in [-0.2, 0) is 17.1 Å². The molecule has 5 nitrogen and oxygen atoms in total. The minimum absolute atomic E-state index is 0.0772. The van der Waals surface area contributed by atoms with Gasteiger partial charge in [0, 0.05) is 11.8 Å². The molecule has 1 N–H and O–H groups in total. The fraction of sp³-hybridized carbons (Fsp3) is 0.400. The summed E-state index contributed by atoms with van der Waals surface area (Å²) in [6, 6.07) is 0. The topological polar surface area (TPSA) is 68.7 Å². The van der Waals surface area contributed by atoms with Crippen molar-refractivity contribution in [1.29, 1.82) is 0 Å². The average Bonchev–Trinajstić information content (AvgIpc) is 2.28. The van der Waals surface area contributed by atoms with Crippen LogP contribution < -0.4 is 9.47 Å². The van der Waals surface area contributed by atoms with Crippen molar-refractivity contribution in [3.05, 3.63) is 17.3 Å². The molecule has 0 aliphatic rings. The number of rotatable bonds is 5. The van der Waals surface area contributed by atoms with Crippen molar-refractivity contribution in [3.8, 4) is 11.6 Å². The van der Waals surface area contributed by atoms with Gasteiger partial charge in [0.2, 0.25) is 5.88 Å². The molecule has 0 amide bonds. The molecule has 0 unspecified atom stereocenters. The number of methoxy groups -OCH3 is 1. The third kappa shape index (κ3) is 4.16. The number of carbonyl (C=O) groups is 1. The Kier molecular flexibility index (Phi) is 4.82. The Morgan fingerprint density at radius 3 is 2.58 bits per heavy atom. The van der Waals surface area contributed by atoms with Gasteiger partial charge in [0.15, 0.2) is 0 Å². The van der Waals surface area contributed by atoms with E-state index in [-0.39, 0.29) is 22.8 Å². The number of alkyl halides is 4. The summed E-state index contributed by atoms with van der Waals surface area (Å²) < 4.78 is 45.2. The highest BCUT2D eigenvalue weighted by molar-refractivity contribution is 6.17. The van der Waals surface area contributed by atoms with Crippen LogP contribution in [0.4, 0.5) is 13.2 Å². The minimum atomic E-state index is -4.98. The molecule has 1 rings (SSSR count). The van der Waals surface area contributed by atoms with Crippen molar-refractivity contribution in [1.82, 2.24) is 4.98 Å². The number of carboxylic acid groups (broad SMARTS) is 1. The molecule has 0 atom stereocenters. The van der Waals surface area contributed by atoms with Crippen molar-refractivity contribution in [3.63, 3.8) is 0 Å². The van der Waals surface area contributed by atoms with Crippen molar-refractivity contribution < 1.29 is 32.5 Å². The third-order valence-electron chi connectivity index (χ3n) is 2.05. The standard InChI is InChI=1S/C10H9ClF3NO4/c1-18-8-5(3-11)4-15-9(19-10(12,13)14)6(8)2-7(16)17/h4H,2-3H2,1H3,(H,16,17). The largest absolute Gasteiger partial charge is 0.574 e. The molecule has 1 aromatic rings. The Morgan fingerprint density at radius 1 is 1.53 bits per heavy atom. The van der Waals surface area contributed by atoms with Crippen molar-refractivity contribution in [2.75, 3.05) is 7.11 Å². The molecule has 0 radical (unpaired) electrons. The van der Waals surface area contributed by atoms with E-state index in [2.05, 4.69) is 9.72 Å². The molecular formula is C10H9ClF3NO4. The number of nitrogens with zero attached hydrogens (tertiary/aromatic N) is 1. The first-order chi connectivity index (χ1) is 8.78. The van der Waals surface area contributed by atoms with Gasteiger partial charge in [-0.25, -0.2) is 4.98 Å². The van der Waals surface area contributed by atoms with Crippen LogP contribution in [0.25, 0.3) is 0 Å². The number of ether oxygens (including phenoxy) is 2. The van der Waals surface area contributed by atoms with Crippen molar-refractivity contribution in [2.45, 2.75) is 18.7 Å². The van der Waals surface area contributed by atoms with E-state index in [1.807, 2.05) is 0 Å². The summed E-state index contributed by atoms with van der Waals surface area (Å²) in [5, 5.41) is 8.72. The molecule has 0 fully saturated rings. The van der Waals surface area contributed by atoms with Gasteiger partial charge >= 0.3 is 12.3 Å². The van der Waals surface area contributed by atoms with E-state index in [4.69, 9.17) is 21.4 Å². The Hall–Kier alpha value is -1.70. The lowest BCUT2D eigenvalue weighted by molar-refractivity contribution is -0.276.